The highest BCUT2D eigenvalue weighted by atomic mass is 19.4. The van der Waals surface area contributed by atoms with E-state index < -0.39 is 11.9 Å². The number of benzene rings is 1. The van der Waals surface area contributed by atoms with Crippen molar-refractivity contribution in [2.24, 2.45) is 0 Å². The Labute approximate surface area is 132 Å². The molecule has 0 aliphatic carbocycles. The Hall–Kier alpha value is -2.62. The molecule has 0 saturated heterocycles. The third-order valence-electron chi connectivity index (χ3n) is 3.17. The zero-order valence-corrected chi connectivity index (χ0v) is 12.5. The van der Waals surface area contributed by atoms with E-state index in [0.717, 1.165) is 24.2 Å². The van der Waals surface area contributed by atoms with Crippen LogP contribution in [0.2, 0.25) is 0 Å². The van der Waals surface area contributed by atoms with Crippen LogP contribution in [0.4, 0.5) is 19.1 Å². The molecule has 0 radical (unpaired) electrons. The summed E-state index contributed by atoms with van der Waals surface area (Å²) < 4.78 is 38.4. The molecule has 0 amide bonds. The van der Waals surface area contributed by atoms with Crippen molar-refractivity contribution in [2.45, 2.75) is 26.1 Å². The van der Waals surface area contributed by atoms with Crippen LogP contribution >= 0.6 is 0 Å². The Morgan fingerprint density at radius 1 is 1.17 bits per heavy atom. The molecular weight excluding hydrogens is 305 g/mol. The number of halogens is 3. The van der Waals surface area contributed by atoms with Gasteiger partial charge in [-0.25, -0.2) is 9.97 Å². The van der Waals surface area contributed by atoms with Crippen molar-refractivity contribution in [1.82, 2.24) is 9.97 Å². The smallest absolute Gasteiger partial charge is 0.337 e. The van der Waals surface area contributed by atoms with Gasteiger partial charge in [0, 0.05) is 19.3 Å². The summed E-state index contributed by atoms with van der Waals surface area (Å²) in [5, 5.41) is 8.79. The van der Waals surface area contributed by atoms with Gasteiger partial charge >= 0.3 is 6.18 Å². The Morgan fingerprint density at radius 2 is 1.87 bits per heavy atom. The van der Waals surface area contributed by atoms with Gasteiger partial charge < -0.3 is 4.90 Å². The monoisotopic (exact) mass is 320 g/mol. The van der Waals surface area contributed by atoms with Crippen LogP contribution in [0.3, 0.4) is 0 Å². The topological polar surface area (TPSA) is 52.8 Å². The van der Waals surface area contributed by atoms with Crippen LogP contribution in [0.5, 0.6) is 0 Å². The number of alkyl halides is 3. The Morgan fingerprint density at radius 3 is 2.43 bits per heavy atom. The van der Waals surface area contributed by atoms with Gasteiger partial charge in [0.1, 0.15) is 5.69 Å². The number of anilines is 1. The highest BCUT2D eigenvalue weighted by Crippen LogP contribution is 2.28. The summed E-state index contributed by atoms with van der Waals surface area (Å²) in [5.74, 6) is 0.0473. The van der Waals surface area contributed by atoms with E-state index in [1.54, 1.807) is 29.2 Å². The molecule has 0 bridgehead atoms. The van der Waals surface area contributed by atoms with Crippen molar-refractivity contribution in [3.8, 4) is 6.07 Å². The summed E-state index contributed by atoms with van der Waals surface area (Å²) in [6.07, 6.45) is -2.63. The van der Waals surface area contributed by atoms with Crippen molar-refractivity contribution in [1.29, 1.82) is 5.26 Å². The number of rotatable bonds is 5. The maximum atomic E-state index is 12.8. The molecule has 2 rings (SSSR count). The van der Waals surface area contributed by atoms with Crippen LogP contribution in [0.25, 0.3) is 0 Å². The number of hydrogen-bond donors (Lipinski definition) is 0. The lowest BCUT2D eigenvalue weighted by Gasteiger charge is -2.22. The second-order valence-electron chi connectivity index (χ2n) is 4.97. The van der Waals surface area contributed by atoms with Crippen molar-refractivity contribution in [3.05, 3.63) is 53.3 Å². The zero-order valence-electron chi connectivity index (χ0n) is 12.5. The van der Waals surface area contributed by atoms with Crippen molar-refractivity contribution < 1.29 is 13.2 Å². The molecule has 1 heterocycles. The van der Waals surface area contributed by atoms with E-state index in [-0.39, 0.29) is 5.95 Å². The fraction of sp³-hybridized carbons (Fsp3) is 0.312. The van der Waals surface area contributed by atoms with E-state index in [2.05, 4.69) is 9.97 Å². The third-order valence-corrected chi connectivity index (χ3v) is 3.17. The van der Waals surface area contributed by atoms with Crippen LogP contribution in [-0.2, 0) is 12.7 Å². The van der Waals surface area contributed by atoms with E-state index in [0.29, 0.717) is 18.7 Å². The lowest BCUT2D eigenvalue weighted by molar-refractivity contribution is -0.141. The van der Waals surface area contributed by atoms with Crippen molar-refractivity contribution in [3.63, 3.8) is 0 Å². The highest BCUT2D eigenvalue weighted by Gasteiger charge is 2.33. The summed E-state index contributed by atoms with van der Waals surface area (Å²) >= 11 is 0. The van der Waals surface area contributed by atoms with Gasteiger partial charge in [-0.3, -0.25) is 0 Å². The first-order valence-corrected chi connectivity index (χ1v) is 7.08. The summed E-state index contributed by atoms with van der Waals surface area (Å²) in [4.78, 5) is 9.29. The van der Waals surface area contributed by atoms with Gasteiger partial charge in [0.25, 0.3) is 0 Å². The summed E-state index contributed by atoms with van der Waals surface area (Å²) in [6, 6.07) is 9.77. The first-order chi connectivity index (χ1) is 10.9. The predicted molar refractivity (Wildman–Crippen MR) is 79.5 cm³/mol. The molecule has 1 aromatic heterocycles. The average Bonchev–Trinajstić information content (AvgIpc) is 2.54. The molecular formula is C16H15F3N4. The maximum Gasteiger partial charge on any atom is 0.433 e. The molecule has 0 saturated carbocycles. The lowest BCUT2D eigenvalue weighted by atomic mass is 10.1. The lowest BCUT2D eigenvalue weighted by Crippen LogP contribution is -2.26. The molecule has 4 nitrogen and oxygen atoms in total. The minimum Gasteiger partial charge on any atom is -0.337 e. The molecule has 7 heteroatoms. The first kappa shape index (κ1) is 16.7. The Kier molecular flexibility index (Phi) is 5.16. The quantitative estimate of drug-likeness (QED) is 0.841. The third kappa shape index (κ3) is 4.42. The molecule has 0 unspecified atom stereocenters. The molecule has 1 aromatic carbocycles. The molecule has 0 aliphatic heterocycles. The van der Waals surface area contributed by atoms with Crippen LogP contribution in [0, 0.1) is 11.3 Å². The first-order valence-electron chi connectivity index (χ1n) is 7.08. The van der Waals surface area contributed by atoms with E-state index in [9.17, 15) is 13.2 Å². The van der Waals surface area contributed by atoms with E-state index in [4.69, 9.17) is 5.26 Å². The molecule has 0 aliphatic rings. The largest absolute Gasteiger partial charge is 0.433 e. The summed E-state index contributed by atoms with van der Waals surface area (Å²) in [6.45, 7) is 2.83. The van der Waals surface area contributed by atoms with Gasteiger partial charge in [0.2, 0.25) is 5.95 Å². The molecule has 120 valence electrons. The number of hydrogen-bond acceptors (Lipinski definition) is 4. The molecule has 0 atom stereocenters. The van der Waals surface area contributed by atoms with Crippen molar-refractivity contribution >= 4 is 5.95 Å². The number of nitrogens with zero attached hydrogens (tertiary/aromatic N) is 4. The maximum absolute atomic E-state index is 12.8. The molecule has 0 spiro atoms. The van der Waals surface area contributed by atoms with Gasteiger partial charge in [-0.1, -0.05) is 19.1 Å². The van der Waals surface area contributed by atoms with Crippen LogP contribution < -0.4 is 4.90 Å². The summed E-state index contributed by atoms with van der Waals surface area (Å²) in [7, 11) is 0. The fourth-order valence-electron chi connectivity index (χ4n) is 2.08. The van der Waals surface area contributed by atoms with Gasteiger partial charge in [-0.05, 0) is 30.2 Å². The molecule has 23 heavy (non-hydrogen) atoms. The van der Waals surface area contributed by atoms with E-state index >= 15 is 0 Å². The average molecular weight is 320 g/mol. The van der Waals surface area contributed by atoms with Gasteiger partial charge in [-0.2, -0.15) is 18.4 Å². The standard InChI is InChI=1S/C16H15F3N4/c1-2-9-23(11-13-5-3-12(10-20)4-6-13)15-21-8-7-14(22-15)16(17,18)19/h3-8H,2,9,11H2,1H3. The minimum absolute atomic E-state index is 0.0473. The molecule has 0 fully saturated rings. The Bertz CT molecular complexity index is 690. The van der Waals surface area contributed by atoms with Gasteiger partial charge in [0.05, 0.1) is 11.6 Å². The second kappa shape index (κ2) is 7.09. The van der Waals surface area contributed by atoms with Gasteiger partial charge in [0.15, 0.2) is 0 Å². The highest BCUT2D eigenvalue weighted by molar-refractivity contribution is 5.36. The van der Waals surface area contributed by atoms with Gasteiger partial charge in [-0.15, -0.1) is 0 Å². The van der Waals surface area contributed by atoms with Crippen LogP contribution in [0.1, 0.15) is 30.2 Å². The van der Waals surface area contributed by atoms with E-state index in [1.165, 1.54) is 0 Å². The van der Waals surface area contributed by atoms with Crippen LogP contribution in [0.15, 0.2) is 36.5 Å². The van der Waals surface area contributed by atoms with E-state index in [1.807, 2.05) is 13.0 Å². The van der Waals surface area contributed by atoms with Crippen LogP contribution in [-0.4, -0.2) is 16.5 Å². The zero-order chi connectivity index (χ0) is 16.9. The Balaban J connectivity index is 2.25. The normalized spacial score (nSPS) is 11.1. The SMILES string of the molecule is CCCN(Cc1ccc(C#N)cc1)c1nccc(C(F)(F)F)n1. The number of aromatic nitrogens is 2. The molecule has 2 aromatic rings. The van der Waals surface area contributed by atoms with Crippen molar-refractivity contribution in [2.75, 3.05) is 11.4 Å². The molecule has 0 N–H and O–H groups in total. The number of nitriles is 1. The fourth-order valence-corrected chi connectivity index (χ4v) is 2.08. The summed E-state index contributed by atoms with van der Waals surface area (Å²) in [5.41, 5.74) is 0.452. The minimum atomic E-state index is -4.50. The second-order valence-corrected chi connectivity index (χ2v) is 4.97. The predicted octanol–water partition coefficient (Wildman–Crippen LogP) is 3.78.